The van der Waals surface area contributed by atoms with Crippen molar-refractivity contribution in [2.24, 2.45) is 5.41 Å². The van der Waals surface area contributed by atoms with Crippen molar-refractivity contribution >= 4 is 23.6 Å². The van der Waals surface area contributed by atoms with E-state index in [0.29, 0.717) is 31.5 Å². The van der Waals surface area contributed by atoms with Gasteiger partial charge in [0, 0.05) is 31.8 Å². The molecule has 0 saturated carbocycles. The summed E-state index contributed by atoms with van der Waals surface area (Å²) < 4.78 is 0. The van der Waals surface area contributed by atoms with Crippen LogP contribution >= 0.6 is 0 Å². The molecule has 1 aliphatic heterocycles. The van der Waals surface area contributed by atoms with Gasteiger partial charge >= 0.3 is 0 Å². The van der Waals surface area contributed by atoms with E-state index in [1.165, 1.54) is 6.07 Å². The number of amides is 1. The van der Waals surface area contributed by atoms with Crippen LogP contribution in [-0.2, 0) is 4.79 Å². The van der Waals surface area contributed by atoms with Crippen molar-refractivity contribution in [2.45, 2.75) is 13.3 Å². The first-order valence-electron chi connectivity index (χ1n) is 6.62. The highest BCUT2D eigenvalue weighted by atomic mass is 16.6. The summed E-state index contributed by atoms with van der Waals surface area (Å²) in [6, 6.07) is 4.38. The molecule has 1 unspecified atom stereocenters. The molecule has 1 atom stereocenters. The van der Waals surface area contributed by atoms with Crippen LogP contribution in [-0.4, -0.2) is 37.3 Å². The van der Waals surface area contributed by atoms with Gasteiger partial charge in [-0.2, -0.15) is 0 Å². The zero-order valence-electron chi connectivity index (χ0n) is 12.0. The summed E-state index contributed by atoms with van der Waals surface area (Å²) >= 11 is 0. The number of nitrogens with zero attached hydrogens (tertiary/aromatic N) is 2. The molecule has 112 valence electrons. The van der Waals surface area contributed by atoms with E-state index in [9.17, 15) is 19.7 Å². The largest absolute Gasteiger partial charge is 0.365 e. The van der Waals surface area contributed by atoms with E-state index in [1.54, 1.807) is 19.2 Å². The smallest absolute Gasteiger partial charge is 0.293 e. The minimum absolute atomic E-state index is 0.0721. The van der Waals surface area contributed by atoms with E-state index in [1.807, 2.05) is 11.8 Å². The first kappa shape index (κ1) is 15.0. The Morgan fingerprint density at radius 2 is 2.24 bits per heavy atom. The Balaban J connectivity index is 2.34. The fourth-order valence-corrected chi connectivity index (χ4v) is 2.68. The van der Waals surface area contributed by atoms with Gasteiger partial charge in [-0.3, -0.25) is 19.7 Å². The maximum absolute atomic E-state index is 11.9. The average molecular weight is 291 g/mol. The first-order valence-corrected chi connectivity index (χ1v) is 6.62. The maximum atomic E-state index is 11.9. The summed E-state index contributed by atoms with van der Waals surface area (Å²) in [7, 11) is 1.58. The van der Waals surface area contributed by atoms with E-state index in [2.05, 4.69) is 5.32 Å². The van der Waals surface area contributed by atoms with Crippen LogP contribution in [0.4, 0.5) is 11.4 Å². The van der Waals surface area contributed by atoms with Gasteiger partial charge in [0.15, 0.2) is 0 Å². The molecule has 1 N–H and O–H groups in total. The van der Waals surface area contributed by atoms with Crippen molar-refractivity contribution in [3.63, 3.8) is 0 Å². The van der Waals surface area contributed by atoms with Crippen molar-refractivity contribution in [2.75, 3.05) is 25.0 Å². The Labute approximate surface area is 122 Å². The van der Waals surface area contributed by atoms with Crippen LogP contribution in [0.25, 0.3) is 0 Å². The van der Waals surface area contributed by atoms with E-state index >= 15 is 0 Å². The molecule has 1 aromatic carbocycles. The lowest BCUT2D eigenvalue weighted by molar-refractivity contribution is -0.384. The van der Waals surface area contributed by atoms with Crippen molar-refractivity contribution in [1.82, 2.24) is 5.32 Å². The van der Waals surface area contributed by atoms with Gasteiger partial charge in [0.1, 0.15) is 12.0 Å². The van der Waals surface area contributed by atoms with Gasteiger partial charge in [0.25, 0.3) is 5.69 Å². The summed E-state index contributed by atoms with van der Waals surface area (Å²) in [5.74, 6) is -0.0721. The Bertz CT molecular complexity index is 602. The standard InChI is InChI=1S/C14H17N3O4/c1-14(13(19)15-2)5-6-16(9-14)11-4-3-10(8-18)7-12(11)17(20)21/h3-4,7-8H,5-6,9H2,1-2H3,(H,15,19). The SMILES string of the molecule is CNC(=O)C1(C)CCN(c2ccc(C=O)cc2[N+](=O)[O-])C1. The molecule has 1 amide bonds. The van der Waals surface area contributed by atoms with Crippen molar-refractivity contribution in [3.8, 4) is 0 Å². The molecule has 2 rings (SSSR count). The zero-order chi connectivity index (χ0) is 15.6. The predicted octanol–water partition coefficient (Wildman–Crippen LogP) is 1.37. The van der Waals surface area contributed by atoms with Crippen molar-refractivity contribution in [3.05, 3.63) is 33.9 Å². The molecule has 0 aliphatic carbocycles. The highest BCUT2D eigenvalue weighted by Gasteiger charge is 2.41. The second-order valence-corrected chi connectivity index (χ2v) is 5.43. The molecule has 7 nitrogen and oxygen atoms in total. The van der Waals surface area contributed by atoms with Crippen molar-refractivity contribution < 1.29 is 14.5 Å². The van der Waals surface area contributed by atoms with Crippen LogP contribution in [0.1, 0.15) is 23.7 Å². The summed E-state index contributed by atoms with van der Waals surface area (Å²) in [6.45, 7) is 2.82. The van der Waals surface area contributed by atoms with Gasteiger partial charge in [0.2, 0.25) is 5.91 Å². The maximum Gasteiger partial charge on any atom is 0.293 e. The van der Waals surface area contributed by atoms with Crippen molar-refractivity contribution in [1.29, 1.82) is 0 Å². The summed E-state index contributed by atoms with van der Waals surface area (Å²) in [5, 5.41) is 13.8. The summed E-state index contributed by atoms with van der Waals surface area (Å²) in [4.78, 5) is 35.2. The Morgan fingerprint density at radius 1 is 1.52 bits per heavy atom. The number of benzene rings is 1. The second-order valence-electron chi connectivity index (χ2n) is 5.43. The highest BCUT2D eigenvalue weighted by Crippen LogP contribution is 2.37. The first-order chi connectivity index (χ1) is 9.91. The number of hydrogen-bond acceptors (Lipinski definition) is 5. The van der Waals surface area contributed by atoms with Gasteiger partial charge in [-0.1, -0.05) is 0 Å². The summed E-state index contributed by atoms with van der Waals surface area (Å²) in [5.41, 5.74) is 0.0315. The summed E-state index contributed by atoms with van der Waals surface area (Å²) in [6.07, 6.45) is 1.20. The van der Waals surface area contributed by atoms with Crippen LogP contribution in [0.3, 0.4) is 0 Å². The third-order valence-corrected chi connectivity index (χ3v) is 3.92. The quantitative estimate of drug-likeness (QED) is 0.514. The lowest BCUT2D eigenvalue weighted by Gasteiger charge is -2.23. The van der Waals surface area contributed by atoms with E-state index < -0.39 is 10.3 Å². The molecule has 0 radical (unpaired) electrons. The molecule has 7 heteroatoms. The van der Waals surface area contributed by atoms with Gasteiger partial charge < -0.3 is 10.2 Å². The number of hydrogen-bond donors (Lipinski definition) is 1. The number of carbonyl (C=O) groups is 2. The van der Waals surface area contributed by atoms with Crippen LogP contribution in [0, 0.1) is 15.5 Å². The molecular formula is C14H17N3O4. The Hall–Kier alpha value is -2.44. The molecule has 1 heterocycles. The number of nitrogens with one attached hydrogen (secondary N) is 1. The number of nitro groups is 1. The number of anilines is 1. The number of rotatable bonds is 4. The topological polar surface area (TPSA) is 92.6 Å². The van der Waals surface area contributed by atoms with Gasteiger partial charge in [0.05, 0.1) is 10.3 Å². The molecule has 0 bridgehead atoms. The van der Waals surface area contributed by atoms with Crippen LogP contribution in [0.2, 0.25) is 0 Å². The molecule has 1 aromatic rings. The van der Waals surface area contributed by atoms with Gasteiger partial charge in [-0.05, 0) is 25.5 Å². The molecule has 1 aliphatic rings. The minimum atomic E-state index is -0.564. The fraction of sp³-hybridized carbons (Fsp3) is 0.429. The molecule has 21 heavy (non-hydrogen) atoms. The molecule has 1 fully saturated rings. The number of aldehydes is 1. The Morgan fingerprint density at radius 3 is 2.81 bits per heavy atom. The average Bonchev–Trinajstić information content (AvgIpc) is 2.89. The lowest BCUT2D eigenvalue weighted by Crippen LogP contribution is -2.39. The predicted molar refractivity (Wildman–Crippen MR) is 77.5 cm³/mol. The molecular weight excluding hydrogens is 274 g/mol. The number of carbonyl (C=O) groups excluding carboxylic acids is 2. The normalized spacial score (nSPS) is 21.1. The third-order valence-electron chi connectivity index (χ3n) is 3.92. The molecule has 1 saturated heterocycles. The molecule has 0 aromatic heterocycles. The minimum Gasteiger partial charge on any atom is -0.365 e. The van der Waals surface area contributed by atoms with Gasteiger partial charge in [-0.25, -0.2) is 0 Å². The van der Waals surface area contributed by atoms with Crippen LogP contribution in [0.15, 0.2) is 18.2 Å². The van der Waals surface area contributed by atoms with Crippen LogP contribution < -0.4 is 10.2 Å². The fourth-order valence-electron chi connectivity index (χ4n) is 2.68. The van der Waals surface area contributed by atoms with Crippen LogP contribution in [0.5, 0.6) is 0 Å². The second kappa shape index (κ2) is 5.51. The highest BCUT2D eigenvalue weighted by molar-refractivity contribution is 5.84. The van der Waals surface area contributed by atoms with E-state index in [4.69, 9.17) is 0 Å². The lowest BCUT2D eigenvalue weighted by atomic mass is 9.89. The number of nitro benzene ring substituents is 1. The Kier molecular flexibility index (Phi) is 3.93. The van der Waals surface area contributed by atoms with Gasteiger partial charge in [-0.15, -0.1) is 0 Å². The monoisotopic (exact) mass is 291 g/mol. The zero-order valence-corrected chi connectivity index (χ0v) is 12.0. The third kappa shape index (κ3) is 2.72. The molecule has 0 spiro atoms. The van der Waals surface area contributed by atoms with E-state index in [0.717, 1.165) is 0 Å². The van der Waals surface area contributed by atoms with E-state index in [-0.39, 0.29) is 17.2 Å².